The van der Waals surface area contributed by atoms with Crippen LogP contribution in [0.2, 0.25) is 0 Å². The number of aryl methyl sites for hydroxylation is 1. The average molecular weight is 180 g/mol. The molecule has 0 saturated heterocycles. The van der Waals surface area contributed by atoms with E-state index in [4.69, 9.17) is 4.42 Å². The zero-order valence-corrected chi connectivity index (χ0v) is 8.05. The zero-order chi connectivity index (χ0) is 9.31. The van der Waals surface area contributed by atoms with Crippen LogP contribution in [0.15, 0.2) is 16.5 Å². The summed E-state index contributed by atoms with van der Waals surface area (Å²) in [5, 5.41) is 10.2. The molecule has 1 fully saturated rings. The first kappa shape index (κ1) is 8.82. The molecule has 2 nitrogen and oxygen atoms in total. The van der Waals surface area contributed by atoms with E-state index in [-0.39, 0.29) is 0 Å². The van der Waals surface area contributed by atoms with E-state index in [9.17, 15) is 5.11 Å². The molecule has 1 aliphatic rings. The predicted molar refractivity (Wildman–Crippen MR) is 50.5 cm³/mol. The Labute approximate surface area is 78.6 Å². The second-order valence-electron chi connectivity index (χ2n) is 3.86. The molecule has 72 valence electrons. The Morgan fingerprint density at radius 2 is 2.08 bits per heavy atom. The highest BCUT2D eigenvalue weighted by molar-refractivity contribution is 5.15. The van der Waals surface area contributed by atoms with E-state index >= 15 is 0 Å². The standard InChI is InChI=1S/C11H16O2/c1-2-9-5-6-10(13-9)11(12)7-3-4-8-11/h5-6,12H,2-4,7-8H2,1H3. The normalized spacial score (nSPS) is 20.8. The highest BCUT2D eigenvalue weighted by Crippen LogP contribution is 2.39. The van der Waals surface area contributed by atoms with E-state index in [2.05, 4.69) is 6.92 Å². The van der Waals surface area contributed by atoms with E-state index < -0.39 is 5.60 Å². The molecular formula is C11H16O2. The molecule has 2 heteroatoms. The van der Waals surface area contributed by atoms with Gasteiger partial charge in [0.15, 0.2) is 0 Å². The molecule has 1 aromatic rings. The minimum Gasteiger partial charge on any atom is -0.463 e. The molecule has 0 atom stereocenters. The highest BCUT2D eigenvalue weighted by Gasteiger charge is 2.35. The molecule has 13 heavy (non-hydrogen) atoms. The van der Waals surface area contributed by atoms with Crippen molar-refractivity contribution >= 4 is 0 Å². The Balaban J connectivity index is 2.23. The smallest absolute Gasteiger partial charge is 0.135 e. The Bertz CT molecular complexity index is 282. The molecule has 1 aromatic heterocycles. The van der Waals surface area contributed by atoms with Gasteiger partial charge in [-0.15, -0.1) is 0 Å². The Hall–Kier alpha value is -0.760. The number of rotatable bonds is 2. The van der Waals surface area contributed by atoms with Crippen LogP contribution in [0.1, 0.15) is 44.1 Å². The third-order valence-corrected chi connectivity index (χ3v) is 2.90. The van der Waals surface area contributed by atoms with Gasteiger partial charge in [-0.1, -0.05) is 6.92 Å². The van der Waals surface area contributed by atoms with Gasteiger partial charge in [-0.3, -0.25) is 0 Å². The molecule has 1 heterocycles. The van der Waals surface area contributed by atoms with Gasteiger partial charge in [-0.25, -0.2) is 0 Å². The molecule has 0 radical (unpaired) electrons. The summed E-state index contributed by atoms with van der Waals surface area (Å²) in [5.74, 6) is 1.73. The van der Waals surface area contributed by atoms with Crippen molar-refractivity contribution in [1.82, 2.24) is 0 Å². The number of hydrogen-bond donors (Lipinski definition) is 1. The molecule has 0 unspecified atom stereocenters. The van der Waals surface area contributed by atoms with Crippen LogP contribution >= 0.6 is 0 Å². The molecular weight excluding hydrogens is 164 g/mol. The van der Waals surface area contributed by atoms with Gasteiger partial charge in [0, 0.05) is 6.42 Å². The van der Waals surface area contributed by atoms with Gasteiger partial charge in [0.25, 0.3) is 0 Å². The first-order chi connectivity index (χ1) is 6.24. The lowest BCUT2D eigenvalue weighted by molar-refractivity contribution is 0.0210. The van der Waals surface area contributed by atoms with Gasteiger partial charge in [-0.2, -0.15) is 0 Å². The lowest BCUT2D eigenvalue weighted by Crippen LogP contribution is -2.19. The molecule has 0 amide bonds. The van der Waals surface area contributed by atoms with Crippen molar-refractivity contribution in [3.05, 3.63) is 23.7 Å². The lowest BCUT2D eigenvalue weighted by Gasteiger charge is -2.18. The van der Waals surface area contributed by atoms with Crippen LogP contribution < -0.4 is 0 Å². The van der Waals surface area contributed by atoms with E-state index in [0.717, 1.165) is 43.6 Å². The first-order valence-electron chi connectivity index (χ1n) is 5.06. The van der Waals surface area contributed by atoms with Crippen LogP contribution in [-0.4, -0.2) is 5.11 Å². The van der Waals surface area contributed by atoms with Crippen LogP contribution in [0.4, 0.5) is 0 Å². The minimum absolute atomic E-state index is 0.659. The van der Waals surface area contributed by atoms with Crippen LogP contribution in [0, 0.1) is 0 Å². The molecule has 2 rings (SSSR count). The van der Waals surface area contributed by atoms with Gasteiger partial charge in [0.2, 0.25) is 0 Å². The number of hydrogen-bond acceptors (Lipinski definition) is 2. The van der Waals surface area contributed by atoms with Crippen molar-refractivity contribution in [1.29, 1.82) is 0 Å². The first-order valence-corrected chi connectivity index (χ1v) is 5.06. The van der Waals surface area contributed by atoms with Gasteiger partial charge in [-0.05, 0) is 37.8 Å². The fourth-order valence-electron chi connectivity index (χ4n) is 2.02. The summed E-state index contributed by atoms with van der Waals surface area (Å²) in [6.45, 7) is 2.06. The molecule has 1 saturated carbocycles. The monoisotopic (exact) mass is 180 g/mol. The average Bonchev–Trinajstić information content (AvgIpc) is 2.72. The van der Waals surface area contributed by atoms with Crippen LogP contribution in [0.25, 0.3) is 0 Å². The number of furan rings is 1. The van der Waals surface area contributed by atoms with E-state index in [0.29, 0.717) is 0 Å². The molecule has 0 spiro atoms. The van der Waals surface area contributed by atoms with Gasteiger partial charge in [0.1, 0.15) is 17.1 Å². The number of aliphatic hydroxyl groups is 1. The van der Waals surface area contributed by atoms with Crippen LogP contribution in [0.5, 0.6) is 0 Å². The summed E-state index contributed by atoms with van der Waals surface area (Å²) in [5.41, 5.74) is -0.659. The van der Waals surface area contributed by atoms with Crippen LogP contribution in [0.3, 0.4) is 0 Å². The quantitative estimate of drug-likeness (QED) is 0.759. The van der Waals surface area contributed by atoms with Crippen molar-refractivity contribution < 1.29 is 9.52 Å². The summed E-state index contributed by atoms with van der Waals surface area (Å²) in [6.07, 6.45) is 4.82. The zero-order valence-electron chi connectivity index (χ0n) is 8.05. The fraction of sp³-hybridized carbons (Fsp3) is 0.636. The lowest BCUT2D eigenvalue weighted by atomic mass is 10.00. The summed E-state index contributed by atoms with van der Waals surface area (Å²) in [4.78, 5) is 0. The molecule has 1 aliphatic carbocycles. The maximum atomic E-state index is 10.2. The van der Waals surface area contributed by atoms with Crippen molar-refractivity contribution in [2.24, 2.45) is 0 Å². The third-order valence-electron chi connectivity index (χ3n) is 2.90. The van der Waals surface area contributed by atoms with E-state index in [1.54, 1.807) is 0 Å². The van der Waals surface area contributed by atoms with Gasteiger partial charge < -0.3 is 9.52 Å². The third kappa shape index (κ3) is 1.51. The van der Waals surface area contributed by atoms with Crippen molar-refractivity contribution in [2.45, 2.75) is 44.6 Å². The maximum Gasteiger partial charge on any atom is 0.135 e. The summed E-state index contributed by atoms with van der Waals surface area (Å²) < 4.78 is 5.57. The molecule has 1 N–H and O–H groups in total. The van der Waals surface area contributed by atoms with E-state index in [1.807, 2.05) is 12.1 Å². The molecule has 0 aromatic carbocycles. The maximum absolute atomic E-state index is 10.2. The Morgan fingerprint density at radius 3 is 2.62 bits per heavy atom. The highest BCUT2D eigenvalue weighted by atomic mass is 16.4. The summed E-state index contributed by atoms with van der Waals surface area (Å²) >= 11 is 0. The summed E-state index contributed by atoms with van der Waals surface area (Å²) in [7, 11) is 0. The topological polar surface area (TPSA) is 33.4 Å². The van der Waals surface area contributed by atoms with Gasteiger partial charge in [0.05, 0.1) is 0 Å². The molecule has 0 aliphatic heterocycles. The molecule has 0 bridgehead atoms. The van der Waals surface area contributed by atoms with E-state index in [1.165, 1.54) is 0 Å². The Morgan fingerprint density at radius 1 is 1.38 bits per heavy atom. The minimum atomic E-state index is -0.659. The predicted octanol–water partition coefficient (Wildman–Crippen LogP) is 2.60. The second kappa shape index (κ2) is 3.18. The fourth-order valence-corrected chi connectivity index (χ4v) is 2.02. The Kier molecular flexibility index (Phi) is 2.16. The SMILES string of the molecule is CCc1ccc(C2(O)CCCC2)o1. The van der Waals surface area contributed by atoms with Crippen molar-refractivity contribution in [3.8, 4) is 0 Å². The van der Waals surface area contributed by atoms with Crippen molar-refractivity contribution in [2.75, 3.05) is 0 Å². The second-order valence-corrected chi connectivity index (χ2v) is 3.86. The summed E-state index contributed by atoms with van der Waals surface area (Å²) in [6, 6.07) is 3.88. The largest absolute Gasteiger partial charge is 0.463 e. The van der Waals surface area contributed by atoms with Gasteiger partial charge >= 0.3 is 0 Å². The van der Waals surface area contributed by atoms with Crippen molar-refractivity contribution in [3.63, 3.8) is 0 Å². The van der Waals surface area contributed by atoms with Crippen LogP contribution in [-0.2, 0) is 12.0 Å².